The van der Waals surface area contributed by atoms with Gasteiger partial charge in [-0.2, -0.15) is 5.10 Å². The molecular weight excluding hydrogens is 362 g/mol. The van der Waals surface area contributed by atoms with E-state index >= 15 is 0 Å². The standard InChI is InChI=1S/C23H23N5O/c1-17-7-8-21-26-20(16-28(21)15-17)23(19-5-3-2-4-6-19)9-11-27(12-10-23)22(29)18-13-24-25-14-18/h2-8,13-16H,9-12H2,1H3,(H,24,25). The number of rotatable bonds is 3. The summed E-state index contributed by atoms with van der Waals surface area (Å²) < 4.78 is 2.11. The van der Waals surface area contributed by atoms with E-state index in [2.05, 4.69) is 70.3 Å². The summed E-state index contributed by atoms with van der Waals surface area (Å²) in [6.07, 6.45) is 9.19. The first-order valence-electron chi connectivity index (χ1n) is 9.95. The molecule has 146 valence electrons. The number of carbonyl (C=O) groups is 1. The van der Waals surface area contributed by atoms with Gasteiger partial charge < -0.3 is 9.30 Å². The Kier molecular flexibility index (Phi) is 4.19. The first-order valence-corrected chi connectivity index (χ1v) is 9.95. The van der Waals surface area contributed by atoms with Crippen molar-refractivity contribution in [1.29, 1.82) is 0 Å². The number of aromatic nitrogens is 4. The van der Waals surface area contributed by atoms with Crippen LogP contribution in [0.3, 0.4) is 0 Å². The molecule has 0 bridgehead atoms. The van der Waals surface area contributed by atoms with Gasteiger partial charge in [0.2, 0.25) is 0 Å². The maximum Gasteiger partial charge on any atom is 0.257 e. The van der Waals surface area contributed by atoms with Crippen LogP contribution in [0.15, 0.2) is 67.3 Å². The summed E-state index contributed by atoms with van der Waals surface area (Å²) in [6.45, 7) is 3.46. The molecule has 6 nitrogen and oxygen atoms in total. The normalized spacial score (nSPS) is 16.2. The molecule has 4 heterocycles. The fourth-order valence-electron chi connectivity index (χ4n) is 4.43. The van der Waals surface area contributed by atoms with E-state index in [9.17, 15) is 4.79 Å². The molecule has 5 rings (SSSR count). The number of fused-ring (bicyclic) bond motifs is 1. The third-order valence-corrected chi connectivity index (χ3v) is 6.06. The summed E-state index contributed by atoms with van der Waals surface area (Å²) in [5.74, 6) is 0.0334. The minimum atomic E-state index is -0.200. The van der Waals surface area contributed by atoms with Crippen LogP contribution in [0, 0.1) is 6.92 Å². The van der Waals surface area contributed by atoms with Crippen molar-refractivity contribution in [1.82, 2.24) is 24.5 Å². The van der Waals surface area contributed by atoms with Crippen LogP contribution < -0.4 is 0 Å². The number of nitrogens with one attached hydrogen (secondary N) is 1. The van der Waals surface area contributed by atoms with E-state index in [1.165, 1.54) is 11.1 Å². The van der Waals surface area contributed by atoms with Crippen LogP contribution in [-0.2, 0) is 5.41 Å². The molecule has 3 aromatic heterocycles. The highest BCUT2D eigenvalue weighted by Gasteiger charge is 2.41. The van der Waals surface area contributed by atoms with Gasteiger partial charge in [-0.15, -0.1) is 0 Å². The summed E-state index contributed by atoms with van der Waals surface area (Å²) in [7, 11) is 0. The molecule has 1 aliphatic heterocycles. The molecule has 0 radical (unpaired) electrons. The molecule has 0 aliphatic carbocycles. The Morgan fingerprint density at radius 3 is 2.59 bits per heavy atom. The first kappa shape index (κ1) is 17.7. The van der Waals surface area contributed by atoms with Crippen LogP contribution in [0.4, 0.5) is 0 Å². The van der Waals surface area contributed by atoms with Gasteiger partial charge in [-0.1, -0.05) is 36.4 Å². The largest absolute Gasteiger partial charge is 0.338 e. The molecule has 29 heavy (non-hydrogen) atoms. The van der Waals surface area contributed by atoms with Crippen molar-refractivity contribution in [2.45, 2.75) is 25.2 Å². The van der Waals surface area contributed by atoms with E-state index < -0.39 is 0 Å². The number of likely N-dealkylation sites (tertiary alicyclic amines) is 1. The molecule has 1 N–H and O–H groups in total. The second kappa shape index (κ2) is 6.88. The number of amides is 1. The summed E-state index contributed by atoms with van der Waals surface area (Å²) in [5, 5.41) is 6.63. The quantitative estimate of drug-likeness (QED) is 0.586. The van der Waals surface area contributed by atoms with Gasteiger partial charge in [0, 0.05) is 37.1 Å². The summed E-state index contributed by atoms with van der Waals surface area (Å²) in [6, 6.07) is 14.7. The Morgan fingerprint density at radius 2 is 1.86 bits per heavy atom. The van der Waals surface area contributed by atoms with Gasteiger partial charge in [-0.3, -0.25) is 9.89 Å². The third kappa shape index (κ3) is 3.01. The van der Waals surface area contributed by atoms with Gasteiger partial charge in [-0.05, 0) is 37.0 Å². The zero-order valence-corrected chi connectivity index (χ0v) is 16.4. The Morgan fingerprint density at radius 1 is 1.07 bits per heavy atom. The Bertz CT molecular complexity index is 1140. The number of hydrogen-bond donors (Lipinski definition) is 1. The van der Waals surface area contributed by atoms with Crippen LogP contribution in [0.1, 0.15) is 40.0 Å². The topological polar surface area (TPSA) is 66.3 Å². The Labute approximate surface area is 169 Å². The van der Waals surface area contributed by atoms with Crippen LogP contribution >= 0.6 is 0 Å². The predicted molar refractivity (Wildman–Crippen MR) is 111 cm³/mol. The molecule has 1 fully saturated rings. The fraction of sp³-hybridized carbons (Fsp3) is 0.261. The fourth-order valence-corrected chi connectivity index (χ4v) is 4.43. The van der Waals surface area contributed by atoms with E-state index in [1.54, 1.807) is 12.4 Å². The lowest BCUT2D eigenvalue weighted by Crippen LogP contribution is -2.46. The van der Waals surface area contributed by atoms with Gasteiger partial charge in [0.05, 0.1) is 17.5 Å². The average molecular weight is 385 g/mol. The third-order valence-electron chi connectivity index (χ3n) is 6.06. The van der Waals surface area contributed by atoms with Crippen LogP contribution in [0.25, 0.3) is 5.65 Å². The maximum atomic E-state index is 12.8. The maximum absolute atomic E-state index is 12.8. The number of aromatic amines is 1. The highest BCUT2D eigenvalue weighted by atomic mass is 16.2. The summed E-state index contributed by atoms with van der Waals surface area (Å²) >= 11 is 0. The molecule has 1 amide bonds. The monoisotopic (exact) mass is 385 g/mol. The minimum absolute atomic E-state index is 0.0334. The molecule has 0 saturated carbocycles. The van der Waals surface area contributed by atoms with E-state index in [4.69, 9.17) is 4.98 Å². The van der Waals surface area contributed by atoms with Crippen molar-refractivity contribution < 1.29 is 4.79 Å². The number of imidazole rings is 1. The van der Waals surface area contributed by atoms with Crippen LogP contribution in [0.2, 0.25) is 0 Å². The Balaban J connectivity index is 1.52. The van der Waals surface area contributed by atoms with Gasteiger partial charge in [0.25, 0.3) is 5.91 Å². The van der Waals surface area contributed by atoms with Crippen molar-refractivity contribution in [2.75, 3.05) is 13.1 Å². The number of hydrogen-bond acceptors (Lipinski definition) is 3. The number of carbonyl (C=O) groups excluding carboxylic acids is 1. The molecule has 0 spiro atoms. The molecule has 6 heteroatoms. The van der Waals surface area contributed by atoms with Gasteiger partial charge in [0.15, 0.2) is 0 Å². The van der Waals surface area contributed by atoms with Crippen LogP contribution in [-0.4, -0.2) is 43.5 Å². The predicted octanol–water partition coefficient (Wildman–Crippen LogP) is 3.59. The number of H-pyrrole nitrogens is 1. The molecule has 0 atom stereocenters. The summed E-state index contributed by atoms with van der Waals surface area (Å²) in [5.41, 5.74) is 4.91. The zero-order chi connectivity index (χ0) is 19.8. The van der Waals surface area contributed by atoms with Gasteiger partial charge >= 0.3 is 0 Å². The second-order valence-electron chi connectivity index (χ2n) is 7.83. The highest BCUT2D eigenvalue weighted by molar-refractivity contribution is 5.93. The second-order valence-corrected chi connectivity index (χ2v) is 7.83. The zero-order valence-electron chi connectivity index (χ0n) is 16.4. The lowest BCUT2D eigenvalue weighted by Gasteiger charge is -2.41. The van der Waals surface area contributed by atoms with Gasteiger partial charge in [-0.25, -0.2) is 4.98 Å². The summed E-state index contributed by atoms with van der Waals surface area (Å²) in [4.78, 5) is 19.7. The Hall–Kier alpha value is -3.41. The van der Waals surface area contributed by atoms with E-state index in [0.29, 0.717) is 18.7 Å². The average Bonchev–Trinajstić information content (AvgIpc) is 3.44. The van der Waals surface area contributed by atoms with E-state index in [1.807, 2.05) is 11.0 Å². The lowest BCUT2D eigenvalue weighted by atomic mass is 9.70. The molecule has 1 aromatic carbocycles. The van der Waals surface area contributed by atoms with E-state index in [0.717, 1.165) is 24.2 Å². The number of pyridine rings is 1. The van der Waals surface area contributed by atoms with Crippen molar-refractivity contribution in [3.63, 3.8) is 0 Å². The van der Waals surface area contributed by atoms with Crippen molar-refractivity contribution in [3.8, 4) is 0 Å². The van der Waals surface area contributed by atoms with E-state index in [-0.39, 0.29) is 11.3 Å². The molecular formula is C23H23N5O. The minimum Gasteiger partial charge on any atom is -0.338 e. The smallest absolute Gasteiger partial charge is 0.257 e. The lowest BCUT2D eigenvalue weighted by molar-refractivity contribution is 0.0684. The number of nitrogens with zero attached hydrogens (tertiary/aromatic N) is 4. The van der Waals surface area contributed by atoms with Crippen LogP contribution in [0.5, 0.6) is 0 Å². The van der Waals surface area contributed by atoms with Crippen molar-refractivity contribution >= 4 is 11.6 Å². The number of piperidine rings is 1. The number of benzene rings is 1. The molecule has 4 aromatic rings. The highest BCUT2D eigenvalue weighted by Crippen LogP contribution is 2.41. The molecule has 1 aliphatic rings. The SMILES string of the molecule is Cc1ccc2nc(C3(c4ccccc4)CCN(C(=O)c4cn[nH]c4)CC3)cn2c1. The van der Waals surface area contributed by atoms with Gasteiger partial charge in [0.1, 0.15) is 5.65 Å². The number of aryl methyl sites for hydroxylation is 1. The van der Waals surface area contributed by atoms with Crippen molar-refractivity contribution in [2.24, 2.45) is 0 Å². The molecule has 0 unspecified atom stereocenters. The van der Waals surface area contributed by atoms with Crippen molar-refractivity contribution in [3.05, 3.63) is 89.6 Å². The molecule has 1 saturated heterocycles. The first-order chi connectivity index (χ1) is 14.2.